The van der Waals surface area contributed by atoms with E-state index < -0.39 is 5.56 Å². The minimum absolute atomic E-state index is 0.0657. The number of para-hydroxylation sites is 1. The first kappa shape index (κ1) is 17.9. The lowest BCUT2D eigenvalue weighted by Crippen LogP contribution is -2.19. The van der Waals surface area contributed by atoms with Crippen LogP contribution in [0, 0.1) is 4.77 Å². The lowest BCUT2D eigenvalue weighted by atomic mass is 10.1. The summed E-state index contributed by atoms with van der Waals surface area (Å²) in [6, 6.07) is 8.01. The Hall–Kier alpha value is -2.93. The number of nitrogens with zero attached hydrogens (tertiary/aromatic N) is 2. The van der Waals surface area contributed by atoms with E-state index in [1.807, 2.05) is 31.3 Å². The quantitative estimate of drug-likeness (QED) is 0.354. The molecule has 0 aliphatic rings. The summed E-state index contributed by atoms with van der Waals surface area (Å²) in [6.07, 6.45) is 5.69. The molecule has 1 aromatic carbocycles. The van der Waals surface area contributed by atoms with E-state index in [2.05, 4.69) is 27.6 Å². The molecule has 0 saturated heterocycles. The minimum Gasteiger partial charge on any atom is -0.494 e. The highest BCUT2D eigenvalue weighted by atomic mass is 32.1. The molecule has 6 nitrogen and oxygen atoms in total. The smallest absolute Gasteiger partial charge is 0.264 e. The number of rotatable bonds is 6. The molecule has 7 heteroatoms. The second kappa shape index (κ2) is 7.53. The third-order valence-electron chi connectivity index (χ3n) is 4.17. The van der Waals surface area contributed by atoms with E-state index in [-0.39, 0.29) is 22.3 Å². The van der Waals surface area contributed by atoms with E-state index in [9.17, 15) is 9.90 Å². The third-order valence-corrected chi connectivity index (χ3v) is 4.49. The molecule has 0 radical (unpaired) electrons. The van der Waals surface area contributed by atoms with Crippen LogP contribution in [0.1, 0.15) is 18.1 Å². The van der Waals surface area contributed by atoms with Crippen LogP contribution in [-0.2, 0) is 13.0 Å². The average molecular weight is 368 g/mol. The predicted octanol–water partition coefficient (Wildman–Crippen LogP) is 3.33. The molecule has 2 aromatic heterocycles. The van der Waals surface area contributed by atoms with Crippen molar-refractivity contribution in [1.29, 1.82) is 0 Å². The van der Waals surface area contributed by atoms with Gasteiger partial charge in [0.2, 0.25) is 5.88 Å². The monoisotopic (exact) mass is 368 g/mol. The highest BCUT2D eigenvalue weighted by Gasteiger charge is 2.11. The normalized spacial score (nSPS) is 12.7. The largest absolute Gasteiger partial charge is 0.494 e. The van der Waals surface area contributed by atoms with E-state index in [0.29, 0.717) is 13.0 Å². The fourth-order valence-electron chi connectivity index (χ4n) is 2.86. The van der Waals surface area contributed by atoms with E-state index in [0.717, 1.165) is 16.5 Å². The first-order valence-electron chi connectivity index (χ1n) is 8.26. The first-order valence-corrected chi connectivity index (χ1v) is 8.67. The van der Waals surface area contributed by atoms with Crippen LogP contribution >= 0.6 is 12.2 Å². The third kappa shape index (κ3) is 3.52. The van der Waals surface area contributed by atoms with Gasteiger partial charge in [-0.25, -0.2) is 0 Å². The van der Waals surface area contributed by atoms with Gasteiger partial charge in [-0.1, -0.05) is 24.3 Å². The molecular weight excluding hydrogens is 348 g/mol. The lowest BCUT2D eigenvalue weighted by molar-refractivity contribution is 0.413. The van der Waals surface area contributed by atoms with Gasteiger partial charge < -0.3 is 10.1 Å². The van der Waals surface area contributed by atoms with Crippen LogP contribution in [0.5, 0.6) is 5.88 Å². The van der Waals surface area contributed by atoms with Gasteiger partial charge in [0.1, 0.15) is 5.56 Å². The summed E-state index contributed by atoms with van der Waals surface area (Å²) in [4.78, 5) is 22.3. The molecule has 3 N–H and O–H groups in total. The van der Waals surface area contributed by atoms with Crippen molar-refractivity contribution in [2.75, 3.05) is 0 Å². The van der Waals surface area contributed by atoms with E-state index in [1.54, 1.807) is 6.08 Å². The van der Waals surface area contributed by atoms with Crippen molar-refractivity contribution < 1.29 is 5.11 Å². The van der Waals surface area contributed by atoms with E-state index >= 15 is 0 Å². The zero-order valence-corrected chi connectivity index (χ0v) is 15.2. The zero-order valence-electron chi connectivity index (χ0n) is 14.4. The topological polar surface area (TPSA) is 86.2 Å². The predicted molar refractivity (Wildman–Crippen MR) is 107 cm³/mol. The van der Waals surface area contributed by atoms with Crippen LogP contribution in [-0.4, -0.2) is 31.9 Å². The highest BCUT2D eigenvalue weighted by molar-refractivity contribution is 7.71. The number of aliphatic imine (C=N–C) groups is 1. The summed E-state index contributed by atoms with van der Waals surface area (Å²) in [5.41, 5.74) is 1.87. The standard InChI is InChI=1S/C19H20N4O2S/c1-3-8-23-18(25)15(17(24)22-19(23)26)11-20-12(2)9-13-10-21-16-7-5-4-6-14(13)16/h3-7,10-12,21,25H,1,8-9H2,2H3,(H,22,24,26). The van der Waals surface area contributed by atoms with Crippen molar-refractivity contribution in [3.63, 3.8) is 0 Å². The zero-order chi connectivity index (χ0) is 18.7. The fraction of sp³-hybridized carbons (Fsp3) is 0.211. The summed E-state index contributed by atoms with van der Waals surface area (Å²) in [5, 5.41) is 11.5. The molecule has 26 heavy (non-hydrogen) atoms. The number of aromatic hydroxyl groups is 1. The maximum Gasteiger partial charge on any atom is 0.264 e. The Labute approximate surface area is 155 Å². The maximum absolute atomic E-state index is 12.1. The van der Waals surface area contributed by atoms with Gasteiger partial charge in [0.05, 0.1) is 6.04 Å². The van der Waals surface area contributed by atoms with Gasteiger partial charge in [0.15, 0.2) is 4.77 Å². The molecular formula is C19H20N4O2S. The molecule has 0 spiro atoms. The number of hydrogen-bond acceptors (Lipinski definition) is 4. The number of aromatic amines is 2. The maximum atomic E-state index is 12.1. The number of allylic oxidation sites excluding steroid dienone is 1. The summed E-state index contributed by atoms with van der Waals surface area (Å²) >= 11 is 5.06. The Morgan fingerprint density at radius 2 is 2.19 bits per heavy atom. The number of aromatic nitrogens is 3. The Bertz CT molecular complexity index is 1090. The molecule has 1 unspecified atom stereocenters. The SMILES string of the molecule is C=CCn1c(O)c(C=NC(C)Cc2c[nH]c3ccccc23)c(=O)[nH]c1=S. The van der Waals surface area contributed by atoms with E-state index in [1.165, 1.54) is 10.8 Å². The Morgan fingerprint density at radius 3 is 2.96 bits per heavy atom. The van der Waals surface area contributed by atoms with Gasteiger partial charge in [-0.15, -0.1) is 6.58 Å². The number of H-pyrrole nitrogens is 2. The molecule has 0 aliphatic heterocycles. The Balaban J connectivity index is 1.85. The van der Waals surface area contributed by atoms with Gasteiger partial charge in [-0.2, -0.15) is 0 Å². The van der Waals surface area contributed by atoms with Gasteiger partial charge >= 0.3 is 0 Å². The molecule has 0 saturated carbocycles. The van der Waals surface area contributed by atoms with Crippen molar-refractivity contribution in [2.45, 2.75) is 25.9 Å². The van der Waals surface area contributed by atoms with Crippen LogP contribution < -0.4 is 5.56 Å². The highest BCUT2D eigenvalue weighted by Crippen LogP contribution is 2.20. The molecule has 0 bridgehead atoms. The molecule has 0 aliphatic carbocycles. The van der Waals surface area contributed by atoms with E-state index in [4.69, 9.17) is 12.2 Å². The summed E-state index contributed by atoms with van der Waals surface area (Å²) < 4.78 is 1.55. The summed E-state index contributed by atoms with van der Waals surface area (Å²) in [7, 11) is 0. The van der Waals surface area contributed by atoms with Gasteiger partial charge in [-0.05, 0) is 37.2 Å². The molecule has 3 rings (SSSR count). The fourth-order valence-corrected chi connectivity index (χ4v) is 3.12. The average Bonchev–Trinajstić information content (AvgIpc) is 3.01. The van der Waals surface area contributed by atoms with Crippen LogP contribution in [0.4, 0.5) is 0 Å². The van der Waals surface area contributed by atoms with Crippen LogP contribution in [0.2, 0.25) is 0 Å². The van der Waals surface area contributed by atoms with Crippen molar-refractivity contribution >= 4 is 29.3 Å². The van der Waals surface area contributed by atoms with Crippen LogP contribution in [0.15, 0.2) is 52.9 Å². The second-order valence-electron chi connectivity index (χ2n) is 6.09. The van der Waals surface area contributed by atoms with Gasteiger partial charge in [0, 0.05) is 29.9 Å². The van der Waals surface area contributed by atoms with Crippen molar-refractivity contribution in [3.8, 4) is 5.88 Å². The molecule has 0 fully saturated rings. The van der Waals surface area contributed by atoms with Crippen molar-refractivity contribution in [3.05, 3.63) is 69.4 Å². The number of fused-ring (bicyclic) bond motifs is 1. The Morgan fingerprint density at radius 1 is 1.42 bits per heavy atom. The summed E-state index contributed by atoms with van der Waals surface area (Å²) in [5.74, 6) is -0.207. The number of benzene rings is 1. The van der Waals surface area contributed by atoms with Crippen LogP contribution in [0.3, 0.4) is 0 Å². The number of nitrogens with one attached hydrogen (secondary N) is 2. The number of hydrogen-bond donors (Lipinski definition) is 3. The van der Waals surface area contributed by atoms with Gasteiger partial charge in [0.25, 0.3) is 5.56 Å². The molecule has 134 valence electrons. The molecule has 3 aromatic rings. The lowest BCUT2D eigenvalue weighted by Gasteiger charge is -2.09. The first-order chi connectivity index (χ1) is 12.5. The minimum atomic E-state index is -0.462. The van der Waals surface area contributed by atoms with Crippen molar-refractivity contribution in [1.82, 2.24) is 14.5 Å². The summed E-state index contributed by atoms with van der Waals surface area (Å²) in [6.45, 7) is 5.88. The van der Waals surface area contributed by atoms with Crippen LogP contribution in [0.25, 0.3) is 10.9 Å². The Kier molecular flexibility index (Phi) is 5.18. The molecule has 0 amide bonds. The molecule has 1 atom stereocenters. The second-order valence-corrected chi connectivity index (χ2v) is 6.47. The van der Waals surface area contributed by atoms with Crippen molar-refractivity contribution in [2.24, 2.45) is 4.99 Å². The molecule has 2 heterocycles. The van der Waals surface area contributed by atoms with Gasteiger partial charge in [-0.3, -0.25) is 19.3 Å².